The number of rotatable bonds is 16. The normalized spacial score (nSPS) is 13.0. The molecule has 8 N–H and O–H groups in total. The highest BCUT2D eigenvalue weighted by molar-refractivity contribution is 5.85. The van der Waals surface area contributed by atoms with Crippen LogP contribution in [0.1, 0.15) is 23.2 Å². The molecule has 28 heavy (non-hydrogen) atoms. The zero-order valence-electron chi connectivity index (χ0n) is 15.8. The van der Waals surface area contributed by atoms with Crippen molar-refractivity contribution in [3.05, 3.63) is 31.6 Å². The lowest BCUT2D eigenvalue weighted by Crippen LogP contribution is -2.47. The molecule has 0 radical (unpaired) electrons. The average molecular weight is 447 g/mol. The van der Waals surface area contributed by atoms with Gasteiger partial charge in [-0.2, -0.15) is 0 Å². The van der Waals surface area contributed by atoms with Crippen molar-refractivity contribution in [1.29, 1.82) is 0 Å². The Morgan fingerprint density at radius 3 is 1.25 bits per heavy atom. The van der Waals surface area contributed by atoms with Gasteiger partial charge in [0, 0.05) is 24.2 Å². The second-order valence-electron chi connectivity index (χ2n) is 5.65. The predicted octanol–water partition coefficient (Wildman–Crippen LogP) is -1.89. The highest BCUT2D eigenvalue weighted by atomic mass is 35.5. The minimum atomic E-state index is -0.719. The van der Waals surface area contributed by atoms with Crippen LogP contribution < -0.4 is 33.8 Å². The molecule has 0 fully saturated rings. The van der Waals surface area contributed by atoms with Crippen molar-refractivity contribution in [2.45, 2.75) is 12.1 Å². The van der Waals surface area contributed by atoms with E-state index < -0.39 is 22.9 Å². The van der Waals surface area contributed by atoms with Gasteiger partial charge in [-0.1, -0.05) is 0 Å². The lowest BCUT2D eigenvalue weighted by molar-refractivity contribution is 0.0428. The van der Waals surface area contributed by atoms with Crippen LogP contribution in [0.3, 0.4) is 0 Å². The summed E-state index contributed by atoms with van der Waals surface area (Å²) >= 11 is 0. The monoisotopic (exact) mass is 446 g/mol. The summed E-state index contributed by atoms with van der Waals surface area (Å²) in [5, 5.41) is 0. The van der Waals surface area contributed by atoms with Crippen molar-refractivity contribution >= 4 is 24.8 Å². The quantitative estimate of drug-likeness (QED) is 0.166. The van der Waals surface area contributed by atoms with Gasteiger partial charge in [-0.3, -0.25) is 9.59 Å². The minimum absolute atomic E-state index is 0. The number of halogens is 2. The van der Waals surface area contributed by atoms with E-state index in [1.807, 2.05) is 0 Å². The Balaban J connectivity index is 0. The maximum absolute atomic E-state index is 11.8. The third-order valence-corrected chi connectivity index (χ3v) is 3.59. The smallest absolute Gasteiger partial charge is 0.231 e. The lowest BCUT2D eigenvalue weighted by Gasteiger charge is -2.21. The summed E-state index contributed by atoms with van der Waals surface area (Å²) in [4.78, 5) is 23.7. The molecule has 0 aliphatic rings. The Morgan fingerprint density at radius 1 is 0.607 bits per heavy atom. The summed E-state index contributed by atoms with van der Waals surface area (Å²) in [5.74, 6) is 0. The first-order chi connectivity index (χ1) is 12.5. The highest BCUT2D eigenvalue weighted by Gasteiger charge is 2.29. The van der Waals surface area contributed by atoms with Crippen molar-refractivity contribution in [1.82, 2.24) is 0 Å². The van der Waals surface area contributed by atoms with E-state index in [4.69, 9.17) is 41.9 Å². The van der Waals surface area contributed by atoms with Crippen LogP contribution in [0.5, 0.6) is 0 Å². The SMILES string of the molecule is Cl.Cl.NCCOCCOCC(N)c1c(C(N)COCCOCCN)c(=O)c1=O. The van der Waals surface area contributed by atoms with Gasteiger partial charge in [-0.15, -0.1) is 24.8 Å². The summed E-state index contributed by atoms with van der Waals surface area (Å²) in [6, 6.07) is -1.44. The molecule has 0 saturated heterocycles. The van der Waals surface area contributed by atoms with E-state index in [0.29, 0.717) is 52.7 Å². The molecule has 1 rings (SSSR count). The zero-order valence-corrected chi connectivity index (χ0v) is 17.4. The fraction of sp³-hybridized carbons (Fsp3) is 0.750. The van der Waals surface area contributed by atoms with Gasteiger partial charge in [0.1, 0.15) is 0 Å². The first-order valence-corrected chi connectivity index (χ1v) is 8.59. The van der Waals surface area contributed by atoms with Gasteiger partial charge in [-0.25, -0.2) is 0 Å². The number of nitrogens with two attached hydrogens (primary N) is 4. The molecule has 0 saturated carbocycles. The molecule has 2 atom stereocenters. The fourth-order valence-corrected chi connectivity index (χ4v) is 2.36. The fourth-order valence-electron chi connectivity index (χ4n) is 2.36. The Bertz CT molecular complexity index is 536. The van der Waals surface area contributed by atoms with Gasteiger partial charge in [-0.05, 0) is 0 Å². The molecule has 1 aromatic rings. The summed E-state index contributed by atoms with van der Waals surface area (Å²) in [6.07, 6.45) is 0. The molecule has 0 aliphatic heterocycles. The Hall–Kier alpha value is -0.660. The standard InChI is InChI=1S/C16H30N4O6.2ClH/c17-1-3-23-5-7-25-9-11(19)13-14(16(22)15(13)21)12(20)10-26-8-6-24-4-2-18;;/h11-12H,1-10,17-20H2;2*1H. The molecule has 0 bridgehead atoms. The maximum Gasteiger partial charge on any atom is 0.231 e. The lowest BCUT2D eigenvalue weighted by atomic mass is 9.90. The molecular formula is C16H32Cl2N4O6. The van der Waals surface area contributed by atoms with E-state index in [2.05, 4.69) is 0 Å². The maximum atomic E-state index is 11.8. The largest absolute Gasteiger partial charge is 0.378 e. The van der Waals surface area contributed by atoms with E-state index in [9.17, 15) is 9.59 Å². The van der Waals surface area contributed by atoms with Gasteiger partial charge < -0.3 is 41.9 Å². The molecule has 0 aromatic heterocycles. The van der Waals surface area contributed by atoms with Crippen molar-refractivity contribution in [2.75, 3.05) is 65.9 Å². The zero-order chi connectivity index (χ0) is 19.4. The first kappa shape index (κ1) is 29.5. The van der Waals surface area contributed by atoms with Gasteiger partial charge >= 0.3 is 0 Å². The molecular weight excluding hydrogens is 415 g/mol. The van der Waals surface area contributed by atoms with Crippen LogP contribution in [-0.4, -0.2) is 65.9 Å². The molecule has 166 valence electrons. The summed E-state index contributed by atoms with van der Waals surface area (Å²) < 4.78 is 21.0. The molecule has 0 aliphatic carbocycles. The number of ether oxygens (including phenoxy) is 4. The molecule has 0 amide bonds. The molecule has 0 spiro atoms. The van der Waals surface area contributed by atoms with E-state index >= 15 is 0 Å². The van der Waals surface area contributed by atoms with E-state index in [0.717, 1.165) is 0 Å². The van der Waals surface area contributed by atoms with Crippen LogP contribution in [0.2, 0.25) is 0 Å². The van der Waals surface area contributed by atoms with Crippen molar-refractivity contribution in [3.63, 3.8) is 0 Å². The third-order valence-electron chi connectivity index (χ3n) is 3.59. The second-order valence-corrected chi connectivity index (χ2v) is 5.65. The highest BCUT2D eigenvalue weighted by Crippen LogP contribution is 2.17. The summed E-state index contributed by atoms with van der Waals surface area (Å²) in [6.45, 7) is 3.33. The molecule has 12 heteroatoms. The predicted molar refractivity (Wildman–Crippen MR) is 111 cm³/mol. The van der Waals surface area contributed by atoms with E-state index in [-0.39, 0.29) is 49.2 Å². The number of hydrogen-bond acceptors (Lipinski definition) is 10. The van der Waals surface area contributed by atoms with Gasteiger partial charge in [0.05, 0.1) is 64.9 Å². The molecule has 10 nitrogen and oxygen atoms in total. The molecule has 0 heterocycles. The second kappa shape index (κ2) is 17.2. The van der Waals surface area contributed by atoms with Crippen LogP contribution >= 0.6 is 24.8 Å². The van der Waals surface area contributed by atoms with Crippen molar-refractivity contribution in [3.8, 4) is 0 Å². The summed E-state index contributed by atoms with van der Waals surface area (Å²) in [7, 11) is 0. The van der Waals surface area contributed by atoms with Crippen LogP contribution in [0.25, 0.3) is 0 Å². The van der Waals surface area contributed by atoms with Gasteiger partial charge in [0.2, 0.25) is 10.9 Å². The Morgan fingerprint density at radius 2 is 0.929 bits per heavy atom. The van der Waals surface area contributed by atoms with E-state index in [1.165, 1.54) is 0 Å². The van der Waals surface area contributed by atoms with Gasteiger partial charge in [0.25, 0.3) is 0 Å². The Labute approximate surface area is 176 Å². The Kier molecular flexibility index (Phi) is 18.2. The third kappa shape index (κ3) is 9.70. The van der Waals surface area contributed by atoms with Crippen LogP contribution in [0.15, 0.2) is 9.59 Å². The first-order valence-electron chi connectivity index (χ1n) is 8.59. The molecule has 1 aromatic carbocycles. The molecule has 2 unspecified atom stereocenters. The topological polar surface area (TPSA) is 175 Å². The van der Waals surface area contributed by atoms with Crippen molar-refractivity contribution < 1.29 is 18.9 Å². The van der Waals surface area contributed by atoms with Gasteiger partial charge in [0.15, 0.2) is 0 Å². The van der Waals surface area contributed by atoms with Crippen LogP contribution in [-0.2, 0) is 18.9 Å². The van der Waals surface area contributed by atoms with Crippen LogP contribution in [0.4, 0.5) is 0 Å². The summed E-state index contributed by atoms with van der Waals surface area (Å²) in [5.41, 5.74) is 21.7. The number of hydrogen-bond donors (Lipinski definition) is 4. The average Bonchev–Trinajstić information content (AvgIpc) is 2.64. The van der Waals surface area contributed by atoms with Crippen molar-refractivity contribution in [2.24, 2.45) is 22.9 Å². The van der Waals surface area contributed by atoms with Crippen LogP contribution in [0, 0.1) is 0 Å². The minimum Gasteiger partial charge on any atom is -0.378 e. The van der Waals surface area contributed by atoms with E-state index in [1.54, 1.807) is 0 Å².